The van der Waals surface area contributed by atoms with Crippen molar-refractivity contribution in [2.75, 3.05) is 30.4 Å². The predicted octanol–water partition coefficient (Wildman–Crippen LogP) is 3.23. The lowest BCUT2D eigenvalue weighted by molar-refractivity contribution is -0.119. The zero-order valence-electron chi connectivity index (χ0n) is 15.1. The Hall–Kier alpha value is -3.29. The molecule has 2 aromatic carbocycles. The highest BCUT2D eigenvalue weighted by atomic mass is 19.1. The minimum Gasteiger partial charge on any atom is -0.486 e. The molecule has 4 rings (SSSR count). The molecule has 0 unspecified atom stereocenters. The summed E-state index contributed by atoms with van der Waals surface area (Å²) in [6, 6.07) is 9.74. The fraction of sp³-hybridized carbons (Fsp3) is 0.300. The number of fused-ring (bicyclic) bond motifs is 1. The second-order valence-corrected chi connectivity index (χ2v) is 6.64. The van der Waals surface area contributed by atoms with Crippen molar-refractivity contribution >= 4 is 23.3 Å². The van der Waals surface area contributed by atoms with Gasteiger partial charge in [0.05, 0.1) is 0 Å². The normalized spacial score (nSPS) is 17.9. The smallest absolute Gasteiger partial charge is 0.322 e. The Labute approximate surface area is 161 Å². The molecular formula is C20H20FN3O4. The van der Waals surface area contributed by atoms with Crippen LogP contribution in [0.3, 0.4) is 0 Å². The van der Waals surface area contributed by atoms with Gasteiger partial charge in [-0.25, -0.2) is 9.18 Å². The van der Waals surface area contributed by atoms with E-state index in [0.717, 1.165) is 6.42 Å². The average molecular weight is 385 g/mol. The topological polar surface area (TPSA) is 79.9 Å². The molecule has 8 heteroatoms. The monoisotopic (exact) mass is 385 g/mol. The number of urea groups is 1. The van der Waals surface area contributed by atoms with Crippen LogP contribution in [0.1, 0.15) is 12.8 Å². The van der Waals surface area contributed by atoms with Gasteiger partial charge in [-0.05, 0) is 49.2 Å². The molecule has 2 heterocycles. The summed E-state index contributed by atoms with van der Waals surface area (Å²) in [7, 11) is 0. The van der Waals surface area contributed by atoms with Gasteiger partial charge < -0.3 is 25.0 Å². The van der Waals surface area contributed by atoms with Crippen LogP contribution < -0.4 is 20.1 Å². The molecule has 7 nitrogen and oxygen atoms in total. The molecule has 28 heavy (non-hydrogen) atoms. The number of carbonyl (C=O) groups is 2. The molecule has 0 spiro atoms. The number of nitrogens with one attached hydrogen (secondary N) is 2. The number of ether oxygens (including phenoxy) is 2. The summed E-state index contributed by atoms with van der Waals surface area (Å²) in [4.78, 5) is 26.8. The maximum Gasteiger partial charge on any atom is 0.322 e. The number of amides is 3. The number of nitrogens with zero attached hydrogens (tertiary/aromatic N) is 1. The molecule has 146 valence electrons. The third kappa shape index (κ3) is 3.85. The van der Waals surface area contributed by atoms with E-state index < -0.39 is 6.04 Å². The largest absolute Gasteiger partial charge is 0.486 e. The third-order valence-corrected chi connectivity index (χ3v) is 4.72. The maximum absolute atomic E-state index is 13.0. The van der Waals surface area contributed by atoms with Crippen LogP contribution >= 0.6 is 0 Å². The second-order valence-electron chi connectivity index (χ2n) is 6.64. The van der Waals surface area contributed by atoms with Crippen molar-refractivity contribution in [1.29, 1.82) is 0 Å². The molecule has 0 radical (unpaired) electrons. The van der Waals surface area contributed by atoms with E-state index in [1.165, 1.54) is 29.2 Å². The Kier molecular flexibility index (Phi) is 5.01. The van der Waals surface area contributed by atoms with Crippen LogP contribution in [-0.4, -0.2) is 42.6 Å². The molecule has 3 amide bonds. The Balaban J connectivity index is 1.41. The maximum atomic E-state index is 13.0. The van der Waals surface area contributed by atoms with E-state index in [4.69, 9.17) is 9.47 Å². The van der Waals surface area contributed by atoms with E-state index in [-0.39, 0.29) is 17.8 Å². The fourth-order valence-corrected chi connectivity index (χ4v) is 3.36. The minimum atomic E-state index is -0.575. The van der Waals surface area contributed by atoms with Crippen LogP contribution in [0, 0.1) is 5.82 Å². The first-order valence-corrected chi connectivity index (χ1v) is 9.14. The fourth-order valence-electron chi connectivity index (χ4n) is 3.36. The Morgan fingerprint density at radius 3 is 2.46 bits per heavy atom. The molecule has 0 bridgehead atoms. The van der Waals surface area contributed by atoms with Crippen molar-refractivity contribution in [3.8, 4) is 11.5 Å². The van der Waals surface area contributed by atoms with Crippen LogP contribution in [0.4, 0.5) is 20.6 Å². The standard InChI is InChI=1S/C20H20FN3O4/c21-13-3-5-14(6-4-13)23-20(26)24-9-1-2-16(24)19(25)22-15-7-8-17-18(12-15)28-11-10-27-17/h3-8,12,16H,1-2,9-11H2,(H,22,25)(H,23,26)/t16-/m0/s1. The van der Waals surface area contributed by atoms with Crippen LogP contribution in [0.15, 0.2) is 42.5 Å². The molecular weight excluding hydrogens is 365 g/mol. The summed E-state index contributed by atoms with van der Waals surface area (Å²) in [5.74, 6) is 0.589. The zero-order valence-corrected chi connectivity index (χ0v) is 15.1. The van der Waals surface area contributed by atoms with Gasteiger partial charge in [-0.1, -0.05) is 0 Å². The van der Waals surface area contributed by atoms with Crippen LogP contribution in [0.2, 0.25) is 0 Å². The molecule has 2 aliphatic rings. The first-order chi connectivity index (χ1) is 13.6. The lowest BCUT2D eigenvalue weighted by Crippen LogP contribution is -2.45. The number of benzene rings is 2. The summed E-state index contributed by atoms with van der Waals surface area (Å²) in [6.45, 7) is 1.44. The Morgan fingerprint density at radius 2 is 1.68 bits per heavy atom. The molecule has 1 atom stereocenters. The third-order valence-electron chi connectivity index (χ3n) is 4.72. The van der Waals surface area contributed by atoms with Crippen LogP contribution in [0.25, 0.3) is 0 Å². The summed E-state index contributed by atoms with van der Waals surface area (Å²) in [5, 5.41) is 5.55. The summed E-state index contributed by atoms with van der Waals surface area (Å²) in [6.07, 6.45) is 1.31. The quantitative estimate of drug-likeness (QED) is 0.850. The van der Waals surface area contributed by atoms with Gasteiger partial charge >= 0.3 is 6.03 Å². The number of hydrogen-bond donors (Lipinski definition) is 2. The van der Waals surface area contributed by atoms with Crippen LogP contribution in [-0.2, 0) is 4.79 Å². The van der Waals surface area contributed by atoms with E-state index in [2.05, 4.69) is 10.6 Å². The van der Waals surface area contributed by atoms with Gasteiger partial charge in [-0.3, -0.25) is 4.79 Å². The number of rotatable bonds is 3. The molecule has 1 saturated heterocycles. The van der Waals surface area contributed by atoms with Crippen molar-refractivity contribution < 1.29 is 23.5 Å². The first kappa shape index (κ1) is 18.1. The number of anilines is 2. The number of halogens is 1. The molecule has 0 saturated carbocycles. The van der Waals surface area contributed by atoms with E-state index in [1.807, 2.05) is 0 Å². The van der Waals surface area contributed by atoms with Crippen molar-refractivity contribution in [3.63, 3.8) is 0 Å². The lowest BCUT2D eigenvalue weighted by atomic mass is 10.2. The average Bonchev–Trinajstić information content (AvgIpc) is 3.20. The molecule has 2 aliphatic heterocycles. The van der Waals surface area contributed by atoms with Gasteiger partial charge in [0.15, 0.2) is 11.5 Å². The molecule has 0 aliphatic carbocycles. The van der Waals surface area contributed by atoms with Crippen molar-refractivity contribution in [2.24, 2.45) is 0 Å². The van der Waals surface area contributed by atoms with Crippen LogP contribution in [0.5, 0.6) is 11.5 Å². The van der Waals surface area contributed by atoms with Gasteiger partial charge in [0.2, 0.25) is 5.91 Å². The van der Waals surface area contributed by atoms with Gasteiger partial charge in [0.1, 0.15) is 25.1 Å². The van der Waals surface area contributed by atoms with E-state index in [1.54, 1.807) is 18.2 Å². The SMILES string of the molecule is O=C(Nc1ccc2c(c1)OCCO2)[C@@H]1CCCN1C(=O)Nc1ccc(F)cc1. The Bertz CT molecular complexity index is 888. The summed E-state index contributed by atoms with van der Waals surface area (Å²) >= 11 is 0. The van der Waals surface area contributed by atoms with Gasteiger partial charge in [-0.2, -0.15) is 0 Å². The van der Waals surface area contributed by atoms with Gasteiger partial charge in [0.25, 0.3) is 0 Å². The molecule has 2 N–H and O–H groups in total. The van der Waals surface area contributed by atoms with Gasteiger partial charge in [0, 0.05) is 24.0 Å². The van der Waals surface area contributed by atoms with E-state index in [0.29, 0.717) is 49.1 Å². The van der Waals surface area contributed by atoms with Gasteiger partial charge in [-0.15, -0.1) is 0 Å². The van der Waals surface area contributed by atoms with E-state index >= 15 is 0 Å². The highest BCUT2D eigenvalue weighted by Crippen LogP contribution is 2.33. The second kappa shape index (κ2) is 7.75. The minimum absolute atomic E-state index is 0.261. The zero-order chi connectivity index (χ0) is 19.5. The first-order valence-electron chi connectivity index (χ1n) is 9.14. The van der Waals surface area contributed by atoms with E-state index in [9.17, 15) is 14.0 Å². The Morgan fingerprint density at radius 1 is 0.964 bits per heavy atom. The molecule has 1 fully saturated rings. The summed E-state index contributed by atoms with van der Waals surface area (Å²) in [5.41, 5.74) is 1.06. The highest BCUT2D eigenvalue weighted by molar-refractivity contribution is 5.99. The summed E-state index contributed by atoms with van der Waals surface area (Å²) < 4.78 is 24.0. The highest BCUT2D eigenvalue weighted by Gasteiger charge is 2.34. The van der Waals surface area contributed by atoms with Crippen molar-refractivity contribution in [1.82, 2.24) is 4.90 Å². The predicted molar refractivity (Wildman–Crippen MR) is 101 cm³/mol. The van der Waals surface area contributed by atoms with Crippen molar-refractivity contribution in [2.45, 2.75) is 18.9 Å². The molecule has 2 aromatic rings. The molecule has 0 aromatic heterocycles. The van der Waals surface area contributed by atoms with Crippen molar-refractivity contribution in [3.05, 3.63) is 48.3 Å². The lowest BCUT2D eigenvalue weighted by Gasteiger charge is -2.24. The number of carbonyl (C=O) groups excluding carboxylic acids is 2. The number of likely N-dealkylation sites (tertiary alicyclic amines) is 1. The number of hydrogen-bond acceptors (Lipinski definition) is 4.